The number of nitrogens with two attached hydrogens (primary N) is 1. The molecule has 1 aliphatic carbocycles. The van der Waals surface area contributed by atoms with Gasteiger partial charge in [-0.2, -0.15) is 0 Å². The third-order valence-corrected chi connectivity index (χ3v) is 4.82. The van der Waals surface area contributed by atoms with Crippen molar-refractivity contribution in [1.29, 1.82) is 0 Å². The van der Waals surface area contributed by atoms with Gasteiger partial charge in [-0.05, 0) is 68.8 Å². The first kappa shape index (κ1) is 12.2. The lowest BCUT2D eigenvalue weighted by Gasteiger charge is -2.39. The molecule has 2 aliphatic rings. The van der Waals surface area contributed by atoms with Crippen LogP contribution in [0.25, 0.3) is 0 Å². The number of piperidine rings is 1. The molecule has 2 nitrogen and oxygen atoms in total. The standard InChI is InChI=1S/C16H24N2/c17-12-13-7-9-18(10-8-13)16-6-5-14-3-1-2-4-15(14)11-16/h1-4,13,16H,5-12,17H2. The van der Waals surface area contributed by atoms with Crippen LogP contribution < -0.4 is 5.73 Å². The van der Waals surface area contributed by atoms with Crippen LogP contribution in [0.2, 0.25) is 0 Å². The Morgan fingerprint density at radius 1 is 1.06 bits per heavy atom. The van der Waals surface area contributed by atoms with Gasteiger partial charge in [-0.15, -0.1) is 0 Å². The smallest absolute Gasteiger partial charge is 0.0139 e. The molecule has 0 amide bonds. The van der Waals surface area contributed by atoms with Gasteiger partial charge in [-0.1, -0.05) is 24.3 Å². The van der Waals surface area contributed by atoms with Gasteiger partial charge in [0.05, 0.1) is 0 Å². The molecule has 3 rings (SSSR count). The molecule has 1 unspecified atom stereocenters. The van der Waals surface area contributed by atoms with Crippen LogP contribution in [0, 0.1) is 5.92 Å². The van der Waals surface area contributed by atoms with Gasteiger partial charge in [-0.25, -0.2) is 0 Å². The van der Waals surface area contributed by atoms with Gasteiger partial charge >= 0.3 is 0 Å². The van der Waals surface area contributed by atoms with Gasteiger partial charge < -0.3 is 10.6 Å². The second-order valence-corrected chi connectivity index (χ2v) is 5.88. The van der Waals surface area contributed by atoms with Crippen LogP contribution in [0.4, 0.5) is 0 Å². The zero-order valence-corrected chi connectivity index (χ0v) is 11.1. The molecule has 0 spiro atoms. The van der Waals surface area contributed by atoms with Gasteiger partial charge in [0.25, 0.3) is 0 Å². The van der Waals surface area contributed by atoms with E-state index in [2.05, 4.69) is 29.2 Å². The van der Waals surface area contributed by atoms with Crippen molar-refractivity contribution in [1.82, 2.24) is 4.90 Å². The third-order valence-electron chi connectivity index (χ3n) is 4.82. The van der Waals surface area contributed by atoms with Crippen LogP contribution in [0.5, 0.6) is 0 Å². The lowest BCUT2D eigenvalue weighted by Crippen LogP contribution is -2.45. The van der Waals surface area contributed by atoms with Crippen LogP contribution in [0.1, 0.15) is 30.4 Å². The number of nitrogens with zero attached hydrogens (tertiary/aromatic N) is 1. The highest BCUT2D eigenvalue weighted by atomic mass is 15.2. The van der Waals surface area contributed by atoms with Gasteiger partial charge in [0.15, 0.2) is 0 Å². The molecule has 1 aromatic carbocycles. The summed E-state index contributed by atoms with van der Waals surface area (Å²) in [6, 6.07) is 9.74. The predicted molar refractivity (Wildman–Crippen MR) is 75.6 cm³/mol. The van der Waals surface area contributed by atoms with Crippen LogP contribution in [-0.4, -0.2) is 30.6 Å². The van der Waals surface area contributed by atoms with Crippen molar-refractivity contribution in [2.24, 2.45) is 11.7 Å². The van der Waals surface area contributed by atoms with Crippen LogP contribution in [0.3, 0.4) is 0 Å². The first-order valence-corrected chi connectivity index (χ1v) is 7.37. The molecule has 1 heterocycles. The van der Waals surface area contributed by atoms with E-state index in [9.17, 15) is 0 Å². The van der Waals surface area contributed by atoms with E-state index in [4.69, 9.17) is 5.73 Å². The molecule has 0 saturated carbocycles. The number of hydrogen-bond donors (Lipinski definition) is 1. The van der Waals surface area contributed by atoms with Gasteiger partial charge in [0, 0.05) is 6.04 Å². The number of benzene rings is 1. The summed E-state index contributed by atoms with van der Waals surface area (Å²) in [4.78, 5) is 2.71. The highest BCUT2D eigenvalue weighted by molar-refractivity contribution is 5.30. The molecule has 98 valence electrons. The van der Waals surface area contributed by atoms with E-state index in [0.717, 1.165) is 18.5 Å². The van der Waals surface area contributed by atoms with Crippen molar-refractivity contribution < 1.29 is 0 Å². The highest BCUT2D eigenvalue weighted by Crippen LogP contribution is 2.27. The molecule has 2 N–H and O–H groups in total. The molecule has 0 aromatic heterocycles. The monoisotopic (exact) mass is 244 g/mol. The van der Waals surface area contributed by atoms with Crippen molar-refractivity contribution in [2.75, 3.05) is 19.6 Å². The van der Waals surface area contributed by atoms with E-state index >= 15 is 0 Å². The zero-order valence-electron chi connectivity index (χ0n) is 11.1. The van der Waals surface area contributed by atoms with Crippen molar-refractivity contribution in [2.45, 2.75) is 38.1 Å². The summed E-state index contributed by atoms with van der Waals surface area (Å²) >= 11 is 0. The maximum atomic E-state index is 5.77. The predicted octanol–water partition coefficient (Wildman–Crippen LogP) is 2.21. The Morgan fingerprint density at radius 3 is 2.50 bits per heavy atom. The zero-order chi connectivity index (χ0) is 12.4. The van der Waals surface area contributed by atoms with E-state index in [-0.39, 0.29) is 0 Å². The summed E-state index contributed by atoms with van der Waals surface area (Å²) < 4.78 is 0. The lowest BCUT2D eigenvalue weighted by atomic mass is 9.86. The van der Waals surface area contributed by atoms with Crippen LogP contribution in [0.15, 0.2) is 24.3 Å². The first-order chi connectivity index (χ1) is 8.86. The summed E-state index contributed by atoms with van der Waals surface area (Å²) in [7, 11) is 0. The minimum Gasteiger partial charge on any atom is -0.330 e. The molecule has 1 fully saturated rings. The summed E-state index contributed by atoms with van der Waals surface area (Å²) in [5, 5.41) is 0. The Bertz CT molecular complexity index is 394. The Hall–Kier alpha value is -0.860. The van der Waals surface area contributed by atoms with Gasteiger partial charge in [0.1, 0.15) is 0 Å². The second-order valence-electron chi connectivity index (χ2n) is 5.88. The Labute approximate surface area is 110 Å². The van der Waals surface area contributed by atoms with Crippen molar-refractivity contribution in [3.8, 4) is 0 Å². The Morgan fingerprint density at radius 2 is 1.78 bits per heavy atom. The minimum absolute atomic E-state index is 0.775. The fourth-order valence-electron chi connectivity index (χ4n) is 3.54. The van der Waals surface area contributed by atoms with E-state index in [1.165, 1.54) is 45.2 Å². The summed E-state index contributed by atoms with van der Waals surface area (Å²) in [6.07, 6.45) is 6.45. The van der Waals surface area contributed by atoms with E-state index in [0.29, 0.717) is 0 Å². The molecule has 1 aromatic rings. The van der Waals surface area contributed by atoms with E-state index in [1.54, 1.807) is 11.1 Å². The second kappa shape index (κ2) is 5.41. The van der Waals surface area contributed by atoms with Crippen LogP contribution in [-0.2, 0) is 12.8 Å². The molecular weight excluding hydrogens is 220 g/mol. The molecule has 0 bridgehead atoms. The number of rotatable bonds is 2. The number of hydrogen-bond acceptors (Lipinski definition) is 2. The van der Waals surface area contributed by atoms with Crippen molar-refractivity contribution >= 4 is 0 Å². The quantitative estimate of drug-likeness (QED) is 0.864. The summed E-state index contributed by atoms with van der Waals surface area (Å²) in [5.74, 6) is 0.775. The maximum absolute atomic E-state index is 5.77. The Kier molecular flexibility index (Phi) is 3.67. The van der Waals surface area contributed by atoms with Crippen LogP contribution >= 0.6 is 0 Å². The average Bonchev–Trinajstić information content (AvgIpc) is 2.47. The number of fused-ring (bicyclic) bond motifs is 1. The molecule has 1 atom stereocenters. The third kappa shape index (κ3) is 2.45. The summed E-state index contributed by atoms with van der Waals surface area (Å²) in [6.45, 7) is 3.39. The number of aryl methyl sites for hydroxylation is 1. The molecule has 18 heavy (non-hydrogen) atoms. The van der Waals surface area contributed by atoms with Gasteiger partial charge in [-0.3, -0.25) is 0 Å². The van der Waals surface area contributed by atoms with Crippen molar-refractivity contribution in [3.63, 3.8) is 0 Å². The fraction of sp³-hybridized carbons (Fsp3) is 0.625. The SMILES string of the molecule is NCC1CCN(C2CCc3ccccc3C2)CC1. The minimum atomic E-state index is 0.775. The topological polar surface area (TPSA) is 29.3 Å². The molecule has 2 heteroatoms. The molecule has 1 aliphatic heterocycles. The normalized spacial score (nSPS) is 25.9. The molecule has 0 radical (unpaired) electrons. The first-order valence-electron chi connectivity index (χ1n) is 7.37. The average molecular weight is 244 g/mol. The maximum Gasteiger partial charge on any atom is 0.0139 e. The van der Waals surface area contributed by atoms with E-state index < -0.39 is 0 Å². The highest BCUT2D eigenvalue weighted by Gasteiger charge is 2.27. The summed E-state index contributed by atoms with van der Waals surface area (Å²) in [5.41, 5.74) is 8.92. The Balaban J connectivity index is 1.63. The molecule has 1 saturated heterocycles. The lowest BCUT2D eigenvalue weighted by molar-refractivity contribution is 0.124. The largest absolute Gasteiger partial charge is 0.330 e. The van der Waals surface area contributed by atoms with Crippen molar-refractivity contribution in [3.05, 3.63) is 35.4 Å². The fourth-order valence-corrected chi connectivity index (χ4v) is 3.54. The van der Waals surface area contributed by atoms with E-state index in [1.807, 2.05) is 0 Å². The molecular formula is C16H24N2. The number of likely N-dealkylation sites (tertiary alicyclic amines) is 1. The van der Waals surface area contributed by atoms with Gasteiger partial charge in [0.2, 0.25) is 0 Å².